The molecule has 3 aromatic rings. The fourth-order valence-corrected chi connectivity index (χ4v) is 3.31. The van der Waals surface area contributed by atoms with Gasteiger partial charge in [0.2, 0.25) is 0 Å². The van der Waals surface area contributed by atoms with Crippen LogP contribution in [0.15, 0.2) is 53.6 Å². The third-order valence-corrected chi connectivity index (χ3v) is 4.73. The minimum Gasteiger partial charge on any atom is -0.361 e. The molecule has 25 heavy (non-hydrogen) atoms. The maximum atomic E-state index is 6.61. The monoisotopic (exact) mass is 369 g/mol. The van der Waals surface area contributed by atoms with Crippen molar-refractivity contribution in [2.45, 2.75) is 19.8 Å². The number of thiocarbonyl (C=S) groups is 1. The van der Waals surface area contributed by atoms with Crippen molar-refractivity contribution in [3.8, 4) is 0 Å². The van der Waals surface area contributed by atoms with E-state index in [1.54, 1.807) is 0 Å². The van der Waals surface area contributed by atoms with Crippen LogP contribution in [0, 0.1) is 0 Å². The highest BCUT2D eigenvalue weighted by atomic mass is 35.5. The summed E-state index contributed by atoms with van der Waals surface area (Å²) in [6, 6.07) is 16.2. The van der Waals surface area contributed by atoms with Gasteiger partial charge in [0.25, 0.3) is 0 Å². The molecule has 3 rings (SSSR count). The van der Waals surface area contributed by atoms with Crippen LogP contribution in [0.4, 0.5) is 0 Å². The average molecular weight is 370 g/mol. The van der Waals surface area contributed by atoms with Gasteiger partial charge >= 0.3 is 0 Å². The number of hydrazone groups is 1. The zero-order chi connectivity index (χ0) is 17.6. The normalized spacial score (nSPS) is 11.3. The number of nitrogens with zero attached hydrogens (tertiary/aromatic N) is 1. The van der Waals surface area contributed by atoms with Crippen molar-refractivity contribution >= 4 is 56.7 Å². The lowest BCUT2D eigenvalue weighted by molar-refractivity contribution is 0.745. The second-order valence-corrected chi connectivity index (χ2v) is 6.58. The Morgan fingerprint density at radius 3 is 2.16 bits per heavy atom. The Kier molecular flexibility index (Phi) is 5.84. The molecule has 0 heterocycles. The zero-order valence-electron chi connectivity index (χ0n) is 14.1. The lowest BCUT2D eigenvalue weighted by atomic mass is 9.97. The van der Waals surface area contributed by atoms with Crippen LogP contribution in [0.25, 0.3) is 21.5 Å². The third kappa shape index (κ3) is 3.91. The van der Waals surface area contributed by atoms with Crippen LogP contribution in [0.3, 0.4) is 0 Å². The zero-order valence-corrected chi connectivity index (χ0v) is 15.6. The Morgan fingerprint density at radius 2 is 1.60 bits per heavy atom. The van der Waals surface area contributed by atoms with E-state index in [0.717, 1.165) is 51.5 Å². The number of rotatable bonds is 5. The van der Waals surface area contributed by atoms with Crippen LogP contribution in [0.5, 0.6) is 0 Å². The van der Waals surface area contributed by atoms with Crippen LogP contribution in [0.1, 0.15) is 25.3 Å². The van der Waals surface area contributed by atoms with Gasteiger partial charge in [0, 0.05) is 22.9 Å². The summed E-state index contributed by atoms with van der Waals surface area (Å²) in [5.41, 5.74) is 3.92. The molecule has 3 nitrogen and oxygen atoms in total. The van der Waals surface area contributed by atoms with Crippen molar-refractivity contribution in [3.63, 3.8) is 0 Å². The molecule has 5 heteroatoms. The third-order valence-electron chi connectivity index (χ3n) is 4.08. The van der Waals surface area contributed by atoms with Crippen molar-refractivity contribution in [3.05, 3.63) is 59.1 Å². The number of hydrogen-bond donors (Lipinski definition) is 2. The molecule has 0 bridgehead atoms. The van der Waals surface area contributed by atoms with Gasteiger partial charge in [-0.25, -0.2) is 0 Å². The van der Waals surface area contributed by atoms with Crippen LogP contribution in [-0.2, 0) is 0 Å². The number of halogens is 1. The Labute approximate surface area is 158 Å². The highest BCUT2D eigenvalue weighted by Crippen LogP contribution is 2.35. The Hall–Kier alpha value is -2.17. The molecule has 2 N–H and O–H groups in total. The second-order valence-electron chi connectivity index (χ2n) is 5.80. The predicted octanol–water partition coefficient (Wildman–Crippen LogP) is 5.24. The van der Waals surface area contributed by atoms with Gasteiger partial charge in [0.05, 0.1) is 11.2 Å². The van der Waals surface area contributed by atoms with Gasteiger partial charge in [-0.3, -0.25) is 5.43 Å². The lowest BCUT2D eigenvalue weighted by Crippen LogP contribution is -2.32. The molecule has 0 aliphatic carbocycles. The Balaban J connectivity index is 1.95. The van der Waals surface area contributed by atoms with Crippen molar-refractivity contribution in [1.82, 2.24) is 10.7 Å². The molecule has 0 aromatic heterocycles. The van der Waals surface area contributed by atoms with Crippen molar-refractivity contribution < 1.29 is 0 Å². The molecule has 0 saturated heterocycles. The standard InChI is InChI=1S/C20H20ClN3S/c1-2-3-12-22-20(25)24-23-13-18-14-8-4-6-10-16(14)19(21)17-11-7-5-9-15(17)18/h4-11,13H,2-3,12H2,1H3,(H2,22,24,25)/b23-13-. The van der Waals surface area contributed by atoms with E-state index < -0.39 is 0 Å². The molecule has 0 aliphatic heterocycles. The molecule has 0 fully saturated rings. The van der Waals surface area contributed by atoms with Crippen molar-refractivity contribution in [2.24, 2.45) is 5.10 Å². The summed E-state index contributed by atoms with van der Waals surface area (Å²) < 4.78 is 0. The molecule has 0 atom stereocenters. The largest absolute Gasteiger partial charge is 0.361 e. The first-order valence-corrected chi connectivity index (χ1v) is 9.17. The van der Waals surface area contributed by atoms with E-state index in [1.807, 2.05) is 42.6 Å². The number of unbranched alkanes of at least 4 members (excludes halogenated alkanes) is 1. The Bertz CT molecular complexity index is 880. The summed E-state index contributed by atoms with van der Waals surface area (Å²) in [5, 5.41) is 13.0. The first-order valence-electron chi connectivity index (χ1n) is 8.38. The van der Waals surface area contributed by atoms with E-state index in [2.05, 4.69) is 34.9 Å². The van der Waals surface area contributed by atoms with Gasteiger partial charge in [-0.05, 0) is 29.4 Å². The molecule has 0 saturated carbocycles. The summed E-state index contributed by atoms with van der Waals surface area (Å²) in [4.78, 5) is 0. The van der Waals surface area contributed by atoms with Crippen LogP contribution in [0.2, 0.25) is 5.02 Å². The maximum Gasteiger partial charge on any atom is 0.186 e. The van der Waals surface area contributed by atoms with Gasteiger partial charge in [-0.2, -0.15) is 5.10 Å². The molecule has 0 radical (unpaired) electrons. The van der Waals surface area contributed by atoms with Crippen LogP contribution >= 0.6 is 23.8 Å². The summed E-state index contributed by atoms with van der Waals surface area (Å²) in [6.45, 7) is 3.00. The van der Waals surface area contributed by atoms with Crippen molar-refractivity contribution in [2.75, 3.05) is 6.54 Å². The van der Waals surface area contributed by atoms with E-state index in [-0.39, 0.29) is 0 Å². The number of fused-ring (bicyclic) bond motifs is 2. The van der Waals surface area contributed by atoms with E-state index in [4.69, 9.17) is 23.8 Å². The number of nitrogens with one attached hydrogen (secondary N) is 2. The van der Waals surface area contributed by atoms with Gasteiger partial charge in [0.1, 0.15) is 0 Å². The highest BCUT2D eigenvalue weighted by molar-refractivity contribution is 7.80. The fourth-order valence-electron chi connectivity index (χ4n) is 2.82. The summed E-state index contributed by atoms with van der Waals surface area (Å²) in [5.74, 6) is 0. The quantitative estimate of drug-likeness (QED) is 0.212. The Morgan fingerprint density at radius 1 is 1.04 bits per heavy atom. The summed E-state index contributed by atoms with van der Waals surface area (Å²) in [7, 11) is 0. The van der Waals surface area contributed by atoms with Gasteiger partial charge in [-0.1, -0.05) is 73.5 Å². The molecule has 0 aliphatic rings. The molecule has 0 unspecified atom stereocenters. The van der Waals surface area contributed by atoms with E-state index in [0.29, 0.717) is 5.11 Å². The first kappa shape index (κ1) is 17.6. The summed E-state index contributed by atoms with van der Waals surface area (Å²) >= 11 is 11.8. The number of benzene rings is 3. The van der Waals surface area contributed by atoms with Gasteiger partial charge < -0.3 is 5.32 Å². The topological polar surface area (TPSA) is 36.4 Å². The van der Waals surface area contributed by atoms with Gasteiger partial charge in [-0.15, -0.1) is 0 Å². The maximum absolute atomic E-state index is 6.61. The summed E-state index contributed by atoms with van der Waals surface area (Å²) in [6.07, 6.45) is 4.02. The highest BCUT2D eigenvalue weighted by Gasteiger charge is 2.10. The molecule has 0 amide bonds. The molecular formula is C20H20ClN3S. The number of hydrogen-bond acceptors (Lipinski definition) is 2. The first-order chi connectivity index (χ1) is 12.2. The molecule has 3 aromatic carbocycles. The van der Waals surface area contributed by atoms with Gasteiger partial charge in [0.15, 0.2) is 5.11 Å². The smallest absolute Gasteiger partial charge is 0.186 e. The molecule has 0 spiro atoms. The van der Waals surface area contributed by atoms with Crippen LogP contribution in [-0.4, -0.2) is 17.9 Å². The van der Waals surface area contributed by atoms with Crippen LogP contribution < -0.4 is 10.7 Å². The van der Waals surface area contributed by atoms with E-state index in [9.17, 15) is 0 Å². The van der Waals surface area contributed by atoms with E-state index >= 15 is 0 Å². The molecular weight excluding hydrogens is 350 g/mol. The lowest BCUT2D eigenvalue weighted by Gasteiger charge is -2.11. The minimum atomic E-state index is 0.535. The molecule has 128 valence electrons. The second kappa shape index (κ2) is 8.28. The van der Waals surface area contributed by atoms with E-state index in [1.165, 1.54) is 0 Å². The predicted molar refractivity (Wildman–Crippen MR) is 113 cm³/mol. The minimum absolute atomic E-state index is 0.535. The SMILES string of the molecule is CCCCNC(=S)N/N=C\c1c2ccccc2c(Cl)c2ccccc12. The van der Waals surface area contributed by atoms with Crippen molar-refractivity contribution in [1.29, 1.82) is 0 Å². The average Bonchev–Trinajstić information content (AvgIpc) is 2.65. The fraction of sp³-hybridized carbons (Fsp3) is 0.200.